The zero-order valence-electron chi connectivity index (χ0n) is 16.8. The van der Waals surface area contributed by atoms with Crippen molar-refractivity contribution in [3.63, 3.8) is 0 Å². The number of hydrogen-bond acceptors (Lipinski definition) is 4. The van der Waals surface area contributed by atoms with Crippen LogP contribution in [0.5, 0.6) is 0 Å². The molecule has 0 radical (unpaired) electrons. The van der Waals surface area contributed by atoms with Crippen molar-refractivity contribution in [1.29, 1.82) is 0 Å². The van der Waals surface area contributed by atoms with Crippen molar-refractivity contribution < 1.29 is 0 Å². The monoisotopic (exact) mass is 364 g/mol. The fourth-order valence-electron chi connectivity index (χ4n) is 4.47. The van der Waals surface area contributed by atoms with Crippen molar-refractivity contribution in [2.24, 2.45) is 0 Å². The molecule has 0 amide bonds. The van der Waals surface area contributed by atoms with E-state index in [0.29, 0.717) is 0 Å². The van der Waals surface area contributed by atoms with E-state index in [1.165, 1.54) is 24.0 Å². The van der Waals surface area contributed by atoms with Crippen molar-refractivity contribution in [3.8, 4) is 0 Å². The molecule has 1 aromatic carbocycles. The van der Waals surface area contributed by atoms with Crippen molar-refractivity contribution >= 4 is 5.82 Å². The van der Waals surface area contributed by atoms with Gasteiger partial charge in [0.1, 0.15) is 5.82 Å². The molecule has 4 rings (SSSR count). The van der Waals surface area contributed by atoms with Crippen LogP contribution in [-0.2, 0) is 12.0 Å². The molecule has 144 valence electrons. The molecule has 27 heavy (non-hydrogen) atoms. The number of likely N-dealkylation sites (N-methyl/N-ethyl adjacent to an activating group) is 1. The largest absolute Gasteiger partial charge is 0.356 e. The Bertz CT molecular complexity index is 722. The first-order valence-corrected chi connectivity index (χ1v) is 10.3. The van der Waals surface area contributed by atoms with Crippen LogP contribution >= 0.6 is 0 Å². The highest BCUT2D eigenvalue weighted by Gasteiger charge is 2.33. The zero-order chi connectivity index (χ0) is 18.7. The van der Waals surface area contributed by atoms with Gasteiger partial charge in [-0.15, -0.1) is 0 Å². The van der Waals surface area contributed by atoms with Gasteiger partial charge in [0.05, 0.1) is 0 Å². The molecule has 2 fully saturated rings. The molecule has 1 unspecified atom stereocenters. The van der Waals surface area contributed by atoms with Gasteiger partial charge in [0.15, 0.2) is 0 Å². The minimum Gasteiger partial charge on any atom is -0.356 e. The molecule has 0 bridgehead atoms. The van der Waals surface area contributed by atoms with E-state index >= 15 is 0 Å². The second-order valence-corrected chi connectivity index (χ2v) is 8.56. The molecular formula is C23H32N4. The van der Waals surface area contributed by atoms with E-state index in [1.54, 1.807) is 0 Å². The molecule has 0 saturated carbocycles. The molecule has 2 aliphatic heterocycles. The van der Waals surface area contributed by atoms with E-state index in [1.807, 2.05) is 0 Å². The maximum atomic E-state index is 4.83. The molecule has 0 N–H and O–H groups in total. The smallest absolute Gasteiger partial charge is 0.128 e. The van der Waals surface area contributed by atoms with Crippen LogP contribution < -0.4 is 4.90 Å². The van der Waals surface area contributed by atoms with Gasteiger partial charge in [0.25, 0.3) is 0 Å². The first-order valence-electron chi connectivity index (χ1n) is 10.3. The summed E-state index contributed by atoms with van der Waals surface area (Å²) in [4.78, 5) is 12.2. The Morgan fingerprint density at radius 3 is 2.44 bits per heavy atom. The van der Waals surface area contributed by atoms with E-state index in [-0.39, 0.29) is 5.41 Å². The highest BCUT2D eigenvalue weighted by Crippen LogP contribution is 2.35. The average Bonchev–Trinajstić information content (AvgIpc) is 2.71. The number of piperidine rings is 1. The zero-order valence-corrected chi connectivity index (χ0v) is 16.8. The number of pyridine rings is 1. The molecule has 0 aliphatic carbocycles. The second-order valence-electron chi connectivity index (χ2n) is 8.56. The number of nitrogens with zero attached hydrogens (tertiary/aromatic N) is 4. The second kappa shape index (κ2) is 7.99. The lowest BCUT2D eigenvalue weighted by molar-refractivity contribution is 0.148. The predicted octanol–water partition coefficient (Wildman–Crippen LogP) is 3.39. The maximum Gasteiger partial charge on any atom is 0.128 e. The summed E-state index contributed by atoms with van der Waals surface area (Å²) in [5.74, 6) is 1.12. The number of hydrogen-bond donors (Lipinski definition) is 0. The minimum absolute atomic E-state index is 0.208. The van der Waals surface area contributed by atoms with Gasteiger partial charge in [-0.1, -0.05) is 43.3 Å². The first-order chi connectivity index (χ1) is 13.1. The molecule has 0 spiro atoms. The van der Waals surface area contributed by atoms with Crippen LogP contribution in [0.2, 0.25) is 0 Å². The third-order valence-electron chi connectivity index (χ3n) is 6.30. The number of piperazine rings is 1. The van der Waals surface area contributed by atoms with Gasteiger partial charge in [-0.05, 0) is 37.1 Å². The summed E-state index contributed by atoms with van der Waals surface area (Å²) in [5.41, 5.74) is 2.98. The summed E-state index contributed by atoms with van der Waals surface area (Å²) in [5, 5.41) is 0. The summed E-state index contributed by atoms with van der Waals surface area (Å²) in [6.45, 7) is 10.2. The van der Waals surface area contributed by atoms with Crippen LogP contribution in [0.25, 0.3) is 0 Å². The van der Waals surface area contributed by atoms with Crippen LogP contribution in [0.15, 0.2) is 48.7 Å². The van der Waals surface area contributed by atoms with Gasteiger partial charge in [0.2, 0.25) is 0 Å². The Balaban J connectivity index is 1.41. The van der Waals surface area contributed by atoms with E-state index in [0.717, 1.165) is 51.6 Å². The quantitative estimate of drug-likeness (QED) is 0.829. The molecule has 3 heterocycles. The number of rotatable bonds is 4. The fraction of sp³-hybridized carbons (Fsp3) is 0.522. The molecule has 4 heteroatoms. The van der Waals surface area contributed by atoms with E-state index in [4.69, 9.17) is 4.98 Å². The first kappa shape index (κ1) is 18.5. The molecular weight excluding hydrogens is 332 g/mol. The number of aromatic nitrogens is 1. The van der Waals surface area contributed by atoms with Crippen molar-refractivity contribution in [3.05, 3.63) is 59.8 Å². The number of anilines is 1. The molecule has 2 aliphatic rings. The van der Waals surface area contributed by atoms with E-state index in [9.17, 15) is 0 Å². The topological polar surface area (TPSA) is 22.6 Å². The maximum absolute atomic E-state index is 4.83. The average molecular weight is 365 g/mol. The summed E-state index contributed by atoms with van der Waals surface area (Å²) in [6.07, 6.45) is 4.55. The van der Waals surface area contributed by atoms with Crippen LogP contribution in [-0.4, -0.2) is 61.1 Å². The van der Waals surface area contributed by atoms with Gasteiger partial charge >= 0.3 is 0 Å². The van der Waals surface area contributed by atoms with Crippen molar-refractivity contribution in [1.82, 2.24) is 14.8 Å². The Hall–Kier alpha value is -1.91. The lowest BCUT2D eigenvalue weighted by Crippen LogP contribution is -2.45. The van der Waals surface area contributed by atoms with Gasteiger partial charge < -0.3 is 9.80 Å². The molecule has 2 saturated heterocycles. The third kappa shape index (κ3) is 4.33. The summed E-state index contributed by atoms with van der Waals surface area (Å²) in [6, 6.07) is 15.5. The molecule has 1 aromatic heterocycles. The predicted molar refractivity (Wildman–Crippen MR) is 112 cm³/mol. The Kier molecular flexibility index (Phi) is 5.46. The van der Waals surface area contributed by atoms with Gasteiger partial charge in [-0.3, -0.25) is 4.90 Å². The minimum atomic E-state index is 0.208. The van der Waals surface area contributed by atoms with Crippen LogP contribution in [0, 0.1) is 0 Å². The van der Waals surface area contributed by atoms with Gasteiger partial charge in [-0.2, -0.15) is 0 Å². The van der Waals surface area contributed by atoms with Crippen molar-refractivity contribution in [2.45, 2.75) is 31.7 Å². The lowest BCUT2D eigenvalue weighted by Gasteiger charge is -2.41. The van der Waals surface area contributed by atoms with Crippen LogP contribution in [0.4, 0.5) is 5.82 Å². The molecule has 2 aromatic rings. The summed E-state index contributed by atoms with van der Waals surface area (Å²) < 4.78 is 0. The normalized spacial score (nSPS) is 24.9. The van der Waals surface area contributed by atoms with E-state index in [2.05, 4.69) is 77.3 Å². The Labute approximate surface area is 163 Å². The van der Waals surface area contributed by atoms with Crippen LogP contribution in [0.1, 0.15) is 30.9 Å². The SMILES string of the molecule is CN1CCN(Cc2ccc(N3CCCC(C)(c4ccccc4)C3)nc2)CC1. The van der Waals surface area contributed by atoms with E-state index < -0.39 is 0 Å². The van der Waals surface area contributed by atoms with Crippen LogP contribution in [0.3, 0.4) is 0 Å². The standard InChI is InChI=1S/C23H32N4/c1-23(21-7-4-3-5-8-21)11-6-12-27(19-23)22-10-9-20(17-24-22)18-26-15-13-25(2)14-16-26/h3-5,7-10,17H,6,11-16,18-19H2,1-2H3. The van der Waals surface area contributed by atoms with Crippen molar-refractivity contribution in [2.75, 3.05) is 51.2 Å². The Morgan fingerprint density at radius 2 is 1.74 bits per heavy atom. The highest BCUT2D eigenvalue weighted by molar-refractivity contribution is 5.42. The Morgan fingerprint density at radius 1 is 0.963 bits per heavy atom. The fourth-order valence-corrected chi connectivity index (χ4v) is 4.47. The molecule has 1 atom stereocenters. The summed E-state index contributed by atoms with van der Waals surface area (Å²) >= 11 is 0. The summed E-state index contributed by atoms with van der Waals surface area (Å²) in [7, 11) is 2.20. The van der Waals surface area contributed by atoms with Gasteiger partial charge in [-0.25, -0.2) is 4.98 Å². The molecule has 4 nitrogen and oxygen atoms in total. The lowest BCUT2D eigenvalue weighted by atomic mass is 9.76. The third-order valence-corrected chi connectivity index (χ3v) is 6.30. The van der Waals surface area contributed by atoms with Gasteiger partial charge in [0, 0.05) is 57.4 Å². The number of benzene rings is 1. The highest BCUT2D eigenvalue weighted by atomic mass is 15.2.